The maximum atomic E-state index is 13.4. The van der Waals surface area contributed by atoms with Gasteiger partial charge in [-0.2, -0.15) is 0 Å². The van der Waals surface area contributed by atoms with Crippen molar-refractivity contribution < 1.29 is 43.1 Å². The number of ketones is 1. The standard InChI is InChI=1S/C38H47N5O9/c1-3-13-42-14-12-37-33-27-6-9-31(34(33)52-35(37)30(44)10-11-38(37,46)32(42)23-27)51-36(45)26-4-7-28(8-5-26)39-24-29-25-43(41-40-29)15-16-48-19-20-50-22-21-49-18-17-47-2/h3-9,25,32,35,39,46H,1,10-24H2,2H3/t32?,35-,37-,38+/m0/s1. The lowest BCUT2D eigenvalue weighted by molar-refractivity contribution is -0.187. The zero-order valence-electron chi connectivity index (χ0n) is 29.6. The highest BCUT2D eigenvalue weighted by atomic mass is 16.6. The first-order valence-corrected chi connectivity index (χ1v) is 18.0. The van der Waals surface area contributed by atoms with E-state index in [0.29, 0.717) is 103 Å². The predicted octanol–water partition coefficient (Wildman–Crippen LogP) is 2.71. The number of aliphatic hydroxyl groups is 1. The minimum Gasteiger partial charge on any atom is -0.477 e. The third-order valence-corrected chi connectivity index (χ3v) is 10.7. The van der Waals surface area contributed by atoms with E-state index < -0.39 is 23.1 Å². The lowest BCUT2D eigenvalue weighted by Gasteiger charge is -2.62. The van der Waals surface area contributed by atoms with Gasteiger partial charge in [-0.1, -0.05) is 17.4 Å². The van der Waals surface area contributed by atoms with Crippen LogP contribution in [0.1, 0.15) is 46.4 Å². The number of hydrogen-bond acceptors (Lipinski definition) is 13. The Bertz CT molecular complexity index is 1750. The maximum Gasteiger partial charge on any atom is 0.343 e. The summed E-state index contributed by atoms with van der Waals surface area (Å²) in [4.78, 5) is 29.0. The minimum absolute atomic E-state index is 0.0183. The molecule has 4 atom stereocenters. The number of methoxy groups -OCH3 is 1. The highest BCUT2D eigenvalue weighted by Crippen LogP contribution is 2.64. The van der Waals surface area contributed by atoms with Gasteiger partial charge in [-0.05, 0) is 55.2 Å². The van der Waals surface area contributed by atoms with Crippen molar-refractivity contribution in [2.24, 2.45) is 0 Å². The molecule has 1 spiro atoms. The van der Waals surface area contributed by atoms with Gasteiger partial charge in [0.1, 0.15) is 5.69 Å². The summed E-state index contributed by atoms with van der Waals surface area (Å²) in [5, 5.41) is 24.1. The van der Waals surface area contributed by atoms with Crippen molar-refractivity contribution in [1.29, 1.82) is 0 Å². The van der Waals surface area contributed by atoms with Crippen LogP contribution in [0.2, 0.25) is 0 Å². The molecule has 0 amide bonds. The van der Waals surface area contributed by atoms with Crippen molar-refractivity contribution in [2.45, 2.75) is 61.9 Å². The van der Waals surface area contributed by atoms with Crippen LogP contribution >= 0.6 is 0 Å². The third kappa shape index (κ3) is 6.86. The van der Waals surface area contributed by atoms with Crippen LogP contribution in [0, 0.1) is 0 Å². The van der Waals surface area contributed by atoms with Crippen LogP contribution in [-0.4, -0.2) is 121 Å². The van der Waals surface area contributed by atoms with E-state index in [-0.39, 0.29) is 24.0 Å². The number of aromatic nitrogens is 3. The summed E-state index contributed by atoms with van der Waals surface area (Å²) in [5.41, 5.74) is 1.78. The predicted molar refractivity (Wildman–Crippen MR) is 189 cm³/mol. The molecular weight excluding hydrogens is 670 g/mol. The molecule has 3 heterocycles. The van der Waals surface area contributed by atoms with E-state index in [1.54, 1.807) is 42.1 Å². The zero-order chi connectivity index (χ0) is 36.1. The van der Waals surface area contributed by atoms with Crippen LogP contribution in [0.25, 0.3) is 0 Å². The Morgan fingerprint density at radius 3 is 2.56 bits per heavy atom. The van der Waals surface area contributed by atoms with Crippen molar-refractivity contribution in [1.82, 2.24) is 19.9 Å². The summed E-state index contributed by atoms with van der Waals surface area (Å²) in [6.07, 6.45) is 4.74. The molecule has 4 aliphatic rings. The molecule has 7 rings (SSSR count). The van der Waals surface area contributed by atoms with Crippen molar-refractivity contribution in [2.75, 3.05) is 71.8 Å². The number of hydrogen-bond donors (Lipinski definition) is 2. The molecule has 2 aliphatic heterocycles. The summed E-state index contributed by atoms with van der Waals surface area (Å²) in [5.74, 6) is 0.106. The van der Waals surface area contributed by atoms with Crippen LogP contribution in [0.15, 0.2) is 55.3 Å². The molecule has 2 fully saturated rings. The van der Waals surface area contributed by atoms with Crippen molar-refractivity contribution in [3.8, 4) is 11.5 Å². The topological polar surface area (TPSA) is 156 Å². The molecule has 2 aromatic carbocycles. The van der Waals surface area contributed by atoms with Crippen molar-refractivity contribution in [3.63, 3.8) is 0 Å². The van der Waals surface area contributed by atoms with Gasteiger partial charge in [0.2, 0.25) is 0 Å². The molecule has 278 valence electrons. The Labute approximate surface area is 302 Å². The molecule has 2 bridgehead atoms. The third-order valence-electron chi connectivity index (χ3n) is 10.7. The van der Waals surface area contributed by atoms with Gasteiger partial charge in [0, 0.05) is 43.9 Å². The molecule has 3 aromatic rings. The SMILES string of the molecule is C=CCN1CC[C@]23c4c5ccc(OC(=O)c6ccc(NCc7cn(CCOCCOCCOCCOC)nn7)cc6)c4O[C@H]2C(=O)CC[C@@]3(O)C1C5. The number of carbonyl (C=O) groups excluding carboxylic acids is 2. The highest BCUT2D eigenvalue weighted by Gasteiger charge is 2.73. The van der Waals surface area contributed by atoms with E-state index in [1.807, 2.05) is 18.3 Å². The van der Waals surface area contributed by atoms with Gasteiger partial charge in [0.15, 0.2) is 23.4 Å². The smallest absolute Gasteiger partial charge is 0.343 e. The summed E-state index contributed by atoms with van der Waals surface area (Å²) in [6, 6.07) is 10.5. The van der Waals surface area contributed by atoms with Gasteiger partial charge in [-0.3, -0.25) is 9.69 Å². The van der Waals surface area contributed by atoms with Crippen LogP contribution in [0.3, 0.4) is 0 Å². The molecule has 1 unspecified atom stereocenters. The highest BCUT2D eigenvalue weighted by molar-refractivity contribution is 5.93. The Morgan fingerprint density at radius 2 is 1.81 bits per heavy atom. The van der Waals surface area contributed by atoms with E-state index in [1.165, 1.54) is 0 Å². The summed E-state index contributed by atoms with van der Waals surface area (Å²) < 4.78 is 35.4. The Hall–Kier alpha value is -4.18. The summed E-state index contributed by atoms with van der Waals surface area (Å²) in [6.45, 7) is 9.92. The first-order valence-electron chi connectivity index (χ1n) is 18.0. The van der Waals surface area contributed by atoms with Gasteiger partial charge in [-0.25, -0.2) is 9.48 Å². The number of esters is 1. The number of anilines is 1. The lowest BCUT2D eigenvalue weighted by atomic mass is 9.49. The van der Waals surface area contributed by atoms with E-state index in [4.69, 9.17) is 28.4 Å². The number of piperidine rings is 1. The van der Waals surface area contributed by atoms with Gasteiger partial charge < -0.3 is 38.8 Å². The van der Waals surface area contributed by atoms with E-state index in [9.17, 15) is 14.7 Å². The maximum absolute atomic E-state index is 13.4. The first kappa shape index (κ1) is 36.2. The van der Waals surface area contributed by atoms with Gasteiger partial charge in [0.05, 0.1) is 82.1 Å². The van der Waals surface area contributed by atoms with Gasteiger partial charge >= 0.3 is 5.97 Å². The average Bonchev–Trinajstić information content (AvgIpc) is 3.76. The molecular formula is C38H47N5O9. The largest absolute Gasteiger partial charge is 0.477 e. The van der Waals surface area contributed by atoms with Crippen LogP contribution in [0.4, 0.5) is 5.69 Å². The molecule has 52 heavy (non-hydrogen) atoms. The van der Waals surface area contributed by atoms with Crippen LogP contribution < -0.4 is 14.8 Å². The number of rotatable bonds is 19. The number of likely N-dealkylation sites (tertiary alicyclic amines) is 1. The second kappa shape index (κ2) is 15.8. The average molecular weight is 718 g/mol. The van der Waals surface area contributed by atoms with Crippen molar-refractivity contribution >= 4 is 17.4 Å². The fraction of sp³-hybridized carbons (Fsp3) is 0.526. The molecule has 1 aromatic heterocycles. The molecule has 1 saturated carbocycles. The fourth-order valence-corrected chi connectivity index (χ4v) is 8.31. The normalized spacial score (nSPS) is 24.3. The Kier molecular flexibility index (Phi) is 11.0. The second-order valence-electron chi connectivity index (χ2n) is 13.7. The number of benzene rings is 2. The van der Waals surface area contributed by atoms with Crippen LogP contribution in [-0.2, 0) is 48.7 Å². The quantitative estimate of drug-likeness (QED) is 0.0809. The first-order chi connectivity index (χ1) is 25.4. The molecule has 14 heteroatoms. The molecule has 14 nitrogen and oxygen atoms in total. The van der Waals surface area contributed by atoms with Crippen molar-refractivity contribution in [3.05, 3.63) is 77.6 Å². The molecule has 1 saturated heterocycles. The minimum atomic E-state index is -1.13. The van der Waals surface area contributed by atoms with Gasteiger partial charge in [0.25, 0.3) is 0 Å². The zero-order valence-corrected chi connectivity index (χ0v) is 29.6. The number of ether oxygens (including phenoxy) is 6. The van der Waals surface area contributed by atoms with E-state index in [2.05, 4.69) is 27.1 Å². The van der Waals surface area contributed by atoms with E-state index in [0.717, 1.165) is 22.5 Å². The lowest BCUT2D eigenvalue weighted by Crippen LogP contribution is -2.76. The summed E-state index contributed by atoms with van der Waals surface area (Å²) >= 11 is 0. The van der Waals surface area contributed by atoms with E-state index >= 15 is 0 Å². The van der Waals surface area contributed by atoms with Crippen LogP contribution in [0.5, 0.6) is 11.5 Å². The molecule has 0 radical (unpaired) electrons. The second-order valence-corrected chi connectivity index (χ2v) is 13.7. The molecule has 2 aliphatic carbocycles. The number of nitrogens with zero attached hydrogens (tertiary/aromatic N) is 4. The molecule has 2 N–H and O–H groups in total. The number of carbonyl (C=O) groups is 2. The fourth-order valence-electron chi connectivity index (χ4n) is 8.31. The summed E-state index contributed by atoms with van der Waals surface area (Å²) in [7, 11) is 1.64. The Balaban J connectivity index is 0.912. The Morgan fingerprint density at radius 1 is 1.06 bits per heavy atom. The monoisotopic (exact) mass is 717 g/mol. The number of nitrogens with one attached hydrogen (secondary N) is 1. The van der Waals surface area contributed by atoms with Gasteiger partial charge in [-0.15, -0.1) is 11.7 Å². The number of Topliss-reactive ketones (excluding diaryl/α,β-unsaturated/α-hetero) is 1.